The molecule has 0 spiro atoms. The van der Waals surface area contributed by atoms with Crippen LogP contribution in [0.15, 0.2) is 60.7 Å². The van der Waals surface area contributed by atoms with Gasteiger partial charge in [0.05, 0.1) is 6.04 Å². The third-order valence-corrected chi connectivity index (χ3v) is 3.52. The molecule has 0 saturated carbocycles. The van der Waals surface area contributed by atoms with E-state index in [2.05, 4.69) is 70.9 Å². The van der Waals surface area contributed by atoms with Crippen molar-refractivity contribution in [3.05, 3.63) is 66.2 Å². The number of para-hydroxylation sites is 1. The number of nitrogens with zero attached hydrogens (tertiary/aromatic N) is 1. The van der Waals surface area contributed by atoms with Crippen molar-refractivity contribution in [2.24, 2.45) is 0 Å². The molecule has 1 atom stereocenters. The summed E-state index contributed by atoms with van der Waals surface area (Å²) >= 11 is 0. The van der Waals surface area contributed by atoms with Crippen molar-refractivity contribution in [1.29, 1.82) is 0 Å². The molecule has 92 valence electrons. The van der Waals surface area contributed by atoms with Gasteiger partial charge in [0, 0.05) is 25.3 Å². The lowest BCUT2D eigenvalue weighted by Gasteiger charge is -2.38. The maximum absolute atomic E-state index is 3.49. The fraction of sp³-hybridized carbons (Fsp3) is 0.250. The molecular weight excluding hydrogens is 220 g/mol. The van der Waals surface area contributed by atoms with Gasteiger partial charge in [0.2, 0.25) is 0 Å². The van der Waals surface area contributed by atoms with E-state index in [0.29, 0.717) is 6.04 Å². The Hall–Kier alpha value is -1.80. The van der Waals surface area contributed by atoms with Crippen LogP contribution in [0, 0.1) is 0 Å². The lowest BCUT2D eigenvalue weighted by molar-refractivity contribution is 0.490. The molecule has 1 heterocycles. The number of hydrogen-bond donors (Lipinski definition) is 1. The summed E-state index contributed by atoms with van der Waals surface area (Å²) in [7, 11) is 0. The zero-order valence-electron chi connectivity index (χ0n) is 10.4. The maximum Gasteiger partial charge on any atom is 0.0667 e. The summed E-state index contributed by atoms with van der Waals surface area (Å²) in [4.78, 5) is 2.49. The highest BCUT2D eigenvalue weighted by Gasteiger charge is 2.23. The molecular formula is C16H18N2. The Labute approximate surface area is 108 Å². The van der Waals surface area contributed by atoms with E-state index in [1.165, 1.54) is 11.3 Å². The van der Waals surface area contributed by atoms with Crippen LogP contribution in [0.5, 0.6) is 0 Å². The first-order chi connectivity index (χ1) is 8.95. The minimum Gasteiger partial charge on any atom is -0.362 e. The molecule has 2 aromatic carbocycles. The third-order valence-electron chi connectivity index (χ3n) is 3.52. The lowest BCUT2D eigenvalue weighted by Crippen LogP contribution is -2.46. The quantitative estimate of drug-likeness (QED) is 0.865. The first kappa shape index (κ1) is 11.3. The maximum atomic E-state index is 3.49. The second kappa shape index (κ2) is 5.23. The molecule has 2 heteroatoms. The van der Waals surface area contributed by atoms with E-state index in [1.807, 2.05) is 0 Å². The van der Waals surface area contributed by atoms with E-state index in [-0.39, 0.29) is 0 Å². The SMILES string of the molecule is c1ccc(C2CNCCN2c2ccccc2)cc1. The van der Waals surface area contributed by atoms with Crippen molar-refractivity contribution in [1.82, 2.24) is 5.32 Å². The Morgan fingerprint density at radius 1 is 0.889 bits per heavy atom. The molecule has 0 radical (unpaired) electrons. The fourth-order valence-electron chi connectivity index (χ4n) is 2.61. The summed E-state index contributed by atoms with van der Waals surface area (Å²) in [6.45, 7) is 3.13. The van der Waals surface area contributed by atoms with Gasteiger partial charge in [-0.25, -0.2) is 0 Å². The van der Waals surface area contributed by atoms with E-state index in [9.17, 15) is 0 Å². The van der Waals surface area contributed by atoms with Crippen LogP contribution in [0.4, 0.5) is 5.69 Å². The molecule has 1 unspecified atom stereocenters. The monoisotopic (exact) mass is 238 g/mol. The van der Waals surface area contributed by atoms with Gasteiger partial charge in [-0.3, -0.25) is 0 Å². The first-order valence-corrected chi connectivity index (χ1v) is 6.52. The molecule has 1 saturated heterocycles. The van der Waals surface area contributed by atoms with Crippen molar-refractivity contribution < 1.29 is 0 Å². The zero-order chi connectivity index (χ0) is 12.2. The summed E-state index contributed by atoms with van der Waals surface area (Å²) in [5, 5.41) is 3.49. The Morgan fingerprint density at radius 2 is 1.56 bits per heavy atom. The van der Waals surface area contributed by atoms with Crippen molar-refractivity contribution in [2.45, 2.75) is 6.04 Å². The van der Waals surface area contributed by atoms with Crippen molar-refractivity contribution in [2.75, 3.05) is 24.5 Å². The molecule has 0 amide bonds. The van der Waals surface area contributed by atoms with Crippen LogP contribution in [0.2, 0.25) is 0 Å². The van der Waals surface area contributed by atoms with Crippen LogP contribution in [0.25, 0.3) is 0 Å². The van der Waals surface area contributed by atoms with Gasteiger partial charge >= 0.3 is 0 Å². The first-order valence-electron chi connectivity index (χ1n) is 6.52. The van der Waals surface area contributed by atoms with Gasteiger partial charge in [-0.1, -0.05) is 48.5 Å². The van der Waals surface area contributed by atoms with Gasteiger partial charge < -0.3 is 10.2 Å². The summed E-state index contributed by atoms with van der Waals surface area (Å²) in [6.07, 6.45) is 0. The topological polar surface area (TPSA) is 15.3 Å². The predicted molar refractivity (Wildman–Crippen MR) is 75.8 cm³/mol. The molecule has 1 fully saturated rings. The molecule has 0 aromatic heterocycles. The van der Waals surface area contributed by atoms with Crippen molar-refractivity contribution in [3.8, 4) is 0 Å². The van der Waals surface area contributed by atoms with Gasteiger partial charge in [-0.05, 0) is 17.7 Å². The molecule has 2 aromatic rings. The van der Waals surface area contributed by atoms with E-state index in [4.69, 9.17) is 0 Å². The molecule has 2 nitrogen and oxygen atoms in total. The van der Waals surface area contributed by atoms with Gasteiger partial charge in [-0.15, -0.1) is 0 Å². The second-order valence-electron chi connectivity index (χ2n) is 4.66. The Balaban J connectivity index is 1.92. The van der Waals surface area contributed by atoms with Crippen LogP contribution in [0.1, 0.15) is 11.6 Å². The average Bonchev–Trinajstić information content (AvgIpc) is 2.49. The molecule has 0 aliphatic carbocycles. The Bertz CT molecular complexity index is 433. The molecule has 1 N–H and O–H groups in total. The molecule has 18 heavy (non-hydrogen) atoms. The van der Waals surface area contributed by atoms with Crippen LogP contribution in [-0.2, 0) is 0 Å². The van der Waals surface area contributed by atoms with Crippen LogP contribution >= 0.6 is 0 Å². The minimum absolute atomic E-state index is 0.433. The number of benzene rings is 2. The van der Waals surface area contributed by atoms with Crippen molar-refractivity contribution in [3.63, 3.8) is 0 Å². The largest absolute Gasteiger partial charge is 0.362 e. The number of hydrogen-bond acceptors (Lipinski definition) is 2. The average molecular weight is 238 g/mol. The third kappa shape index (κ3) is 2.24. The predicted octanol–water partition coefficient (Wildman–Crippen LogP) is 2.84. The van der Waals surface area contributed by atoms with Gasteiger partial charge in [0.1, 0.15) is 0 Å². The molecule has 3 rings (SSSR count). The number of nitrogens with one attached hydrogen (secondary N) is 1. The summed E-state index contributed by atoms with van der Waals surface area (Å²) in [5.74, 6) is 0. The fourth-order valence-corrected chi connectivity index (χ4v) is 2.61. The van der Waals surface area contributed by atoms with Gasteiger partial charge in [0.15, 0.2) is 0 Å². The van der Waals surface area contributed by atoms with E-state index < -0.39 is 0 Å². The van der Waals surface area contributed by atoms with Crippen LogP contribution in [0.3, 0.4) is 0 Å². The Kier molecular flexibility index (Phi) is 3.29. The minimum atomic E-state index is 0.433. The lowest BCUT2D eigenvalue weighted by atomic mass is 10.0. The highest BCUT2D eigenvalue weighted by molar-refractivity contribution is 5.49. The normalized spacial score (nSPS) is 19.8. The smallest absolute Gasteiger partial charge is 0.0667 e. The number of piperazine rings is 1. The number of rotatable bonds is 2. The summed E-state index contributed by atoms with van der Waals surface area (Å²) in [5.41, 5.74) is 2.70. The molecule has 1 aliphatic heterocycles. The highest BCUT2D eigenvalue weighted by atomic mass is 15.2. The van der Waals surface area contributed by atoms with E-state index >= 15 is 0 Å². The van der Waals surface area contributed by atoms with Crippen molar-refractivity contribution >= 4 is 5.69 Å². The van der Waals surface area contributed by atoms with Crippen LogP contribution < -0.4 is 10.2 Å². The Morgan fingerprint density at radius 3 is 2.28 bits per heavy atom. The molecule has 0 bridgehead atoms. The number of anilines is 1. The van der Waals surface area contributed by atoms with E-state index in [1.54, 1.807) is 0 Å². The summed E-state index contributed by atoms with van der Waals surface area (Å²) < 4.78 is 0. The second-order valence-corrected chi connectivity index (χ2v) is 4.66. The van der Waals surface area contributed by atoms with E-state index in [0.717, 1.165) is 19.6 Å². The zero-order valence-corrected chi connectivity index (χ0v) is 10.4. The van der Waals surface area contributed by atoms with Gasteiger partial charge in [0.25, 0.3) is 0 Å². The highest BCUT2D eigenvalue weighted by Crippen LogP contribution is 2.27. The molecule has 1 aliphatic rings. The summed E-state index contributed by atoms with van der Waals surface area (Å²) in [6, 6.07) is 21.9. The van der Waals surface area contributed by atoms with Crippen LogP contribution in [-0.4, -0.2) is 19.6 Å². The standard InChI is InChI=1S/C16H18N2/c1-3-7-14(8-4-1)16-13-17-11-12-18(16)15-9-5-2-6-10-15/h1-10,16-17H,11-13H2. The van der Waals surface area contributed by atoms with Gasteiger partial charge in [-0.2, -0.15) is 0 Å².